The molecule has 0 heterocycles. The molecule has 3 heteroatoms. The van der Waals surface area contributed by atoms with Crippen molar-refractivity contribution in [3.8, 4) is 0 Å². The van der Waals surface area contributed by atoms with Gasteiger partial charge in [-0.1, -0.05) is 48.8 Å². The Balaban J connectivity index is 2.26. The summed E-state index contributed by atoms with van der Waals surface area (Å²) in [4.78, 5) is 0. The molecule has 0 aromatic heterocycles. The van der Waals surface area contributed by atoms with E-state index >= 15 is 0 Å². The van der Waals surface area contributed by atoms with Crippen LogP contribution in [0.4, 0.5) is 0 Å². The first-order valence-electron chi connectivity index (χ1n) is 7.20. The van der Waals surface area contributed by atoms with Gasteiger partial charge in [-0.05, 0) is 43.0 Å². The zero-order valence-corrected chi connectivity index (χ0v) is 13.9. The van der Waals surface area contributed by atoms with Crippen LogP contribution in [0.1, 0.15) is 45.2 Å². The number of hydrogen-bond donors (Lipinski definition) is 1. The van der Waals surface area contributed by atoms with Gasteiger partial charge in [0.1, 0.15) is 0 Å². The predicted molar refractivity (Wildman–Crippen MR) is 85.5 cm³/mol. The zero-order chi connectivity index (χ0) is 14.1. The summed E-state index contributed by atoms with van der Waals surface area (Å²) >= 11 is 3.53. The van der Waals surface area contributed by atoms with E-state index in [-0.39, 0.29) is 0 Å². The molecule has 1 N–H and O–H groups in total. The normalized spacial score (nSPS) is 12.9. The summed E-state index contributed by atoms with van der Waals surface area (Å²) in [5.41, 5.74) is 1.35. The van der Waals surface area contributed by atoms with E-state index in [4.69, 9.17) is 4.74 Å². The van der Waals surface area contributed by atoms with E-state index in [1.165, 1.54) is 5.56 Å². The fourth-order valence-electron chi connectivity index (χ4n) is 1.99. The van der Waals surface area contributed by atoms with Crippen molar-refractivity contribution < 1.29 is 4.74 Å². The summed E-state index contributed by atoms with van der Waals surface area (Å²) < 4.78 is 6.73. The zero-order valence-electron chi connectivity index (χ0n) is 12.3. The van der Waals surface area contributed by atoms with E-state index in [0.717, 1.165) is 37.1 Å². The minimum Gasteiger partial charge on any atom is -0.381 e. The maximum atomic E-state index is 5.59. The SMILES string of the molecule is CCC(NCCCOCC(C)C)c1cccc(Br)c1. The molecule has 0 radical (unpaired) electrons. The topological polar surface area (TPSA) is 21.3 Å². The lowest BCUT2D eigenvalue weighted by molar-refractivity contribution is 0.107. The summed E-state index contributed by atoms with van der Waals surface area (Å²) in [5.74, 6) is 0.623. The molecule has 1 aromatic rings. The van der Waals surface area contributed by atoms with Gasteiger partial charge < -0.3 is 10.1 Å². The van der Waals surface area contributed by atoms with Crippen molar-refractivity contribution in [2.24, 2.45) is 5.92 Å². The van der Waals surface area contributed by atoms with Crippen molar-refractivity contribution in [3.05, 3.63) is 34.3 Å². The molecule has 108 valence electrons. The van der Waals surface area contributed by atoms with E-state index in [9.17, 15) is 0 Å². The number of hydrogen-bond acceptors (Lipinski definition) is 2. The molecule has 1 unspecified atom stereocenters. The van der Waals surface area contributed by atoms with Crippen molar-refractivity contribution in [1.29, 1.82) is 0 Å². The van der Waals surface area contributed by atoms with Crippen LogP contribution in [0.3, 0.4) is 0 Å². The fourth-order valence-corrected chi connectivity index (χ4v) is 2.41. The molecule has 1 rings (SSSR count). The van der Waals surface area contributed by atoms with Crippen LogP contribution in [0, 0.1) is 5.92 Å². The average molecular weight is 328 g/mol. The Bertz CT molecular complexity index is 354. The first-order chi connectivity index (χ1) is 9.13. The average Bonchev–Trinajstić information content (AvgIpc) is 2.37. The van der Waals surface area contributed by atoms with Crippen molar-refractivity contribution in [2.75, 3.05) is 19.8 Å². The number of benzene rings is 1. The Morgan fingerprint density at radius 3 is 2.74 bits per heavy atom. The molecule has 2 nitrogen and oxygen atoms in total. The second-order valence-electron chi connectivity index (χ2n) is 5.29. The Hall–Kier alpha value is -0.380. The molecule has 0 aliphatic rings. The van der Waals surface area contributed by atoms with E-state index in [0.29, 0.717) is 12.0 Å². The second-order valence-corrected chi connectivity index (χ2v) is 6.21. The molecule has 0 saturated carbocycles. The summed E-state index contributed by atoms with van der Waals surface area (Å²) in [6, 6.07) is 8.96. The summed E-state index contributed by atoms with van der Waals surface area (Å²) in [6.07, 6.45) is 2.17. The third-order valence-corrected chi connectivity index (χ3v) is 3.46. The first kappa shape index (κ1) is 16.7. The fraction of sp³-hybridized carbons (Fsp3) is 0.625. The van der Waals surface area contributed by atoms with Gasteiger partial charge in [0.25, 0.3) is 0 Å². The lowest BCUT2D eigenvalue weighted by Gasteiger charge is -2.18. The van der Waals surface area contributed by atoms with Crippen molar-refractivity contribution in [2.45, 2.75) is 39.7 Å². The van der Waals surface area contributed by atoms with Gasteiger partial charge in [-0.25, -0.2) is 0 Å². The molecule has 0 bridgehead atoms. The molecule has 0 saturated heterocycles. The highest BCUT2D eigenvalue weighted by Gasteiger charge is 2.08. The van der Waals surface area contributed by atoms with Crippen LogP contribution in [-0.4, -0.2) is 19.8 Å². The molecule has 19 heavy (non-hydrogen) atoms. The van der Waals surface area contributed by atoms with E-state index in [1.54, 1.807) is 0 Å². The summed E-state index contributed by atoms with van der Waals surface area (Å²) in [5, 5.41) is 3.60. The molecule has 0 amide bonds. The minimum absolute atomic E-state index is 0.433. The van der Waals surface area contributed by atoms with Crippen molar-refractivity contribution >= 4 is 15.9 Å². The Kier molecular flexibility index (Phi) is 8.35. The van der Waals surface area contributed by atoms with Crippen LogP contribution in [0.5, 0.6) is 0 Å². The summed E-state index contributed by atoms with van der Waals surface area (Å²) in [7, 11) is 0. The van der Waals surface area contributed by atoms with Gasteiger partial charge in [-0.2, -0.15) is 0 Å². The molecule has 0 spiro atoms. The van der Waals surface area contributed by atoms with Gasteiger partial charge >= 0.3 is 0 Å². The lowest BCUT2D eigenvalue weighted by Crippen LogP contribution is -2.23. The Morgan fingerprint density at radius 2 is 2.11 bits per heavy atom. The van der Waals surface area contributed by atoms with Gasteiger partial charge in [0.2, 0.25) is 0 Å². The monoisotopic (exact) mass is 327 g/mol. The van der Waals surface area contributed by atoms with Gasteiger partial charge in [0.15, 0.2) is 0 Å². The van der Waals surface area contributed by atoms with E-state index < -0.39 is 0 Å². The maximum absolute atomic E-state index is 5.59. The third kappa shape index (κ3) is 7.09. The van der Waals surface area contributed by atoms with Crippen LogP contribution in [0.25, 0.3) is 0 Å². The van der Waals surface area contributed by atoms with Crippen LogP contribution in [0.2, 0.25) is 0 Å². The predicted octanol–water partition coefficient (Wildman–Crippen LogP) is 4.55. The maximum Gasteiger partial charge on any atom is 0.0489 e. The van der Waals surface area contributed by atoms with Gasteiger partial charge in [0, 0.05) is 23.7 Å². The quantitative estimate of drug-likeness (QED) is 0.671. The smallest absolute Gasteiger partial charge is 0.0489 e. The Labute approximate surface area is 126 Å². The molecular weight excluding hydrogens is 302 g/mol. The van der Waals surface area contributed by atoms with Gasteiger partial charge in [0.05, 0.1) is 0 Å². The van der Waals surface area contributed by atoms with Crippen LogP contribution < -0.4 is 5.32 Å². The van der Waals surface area contributed by atoms with E-state index in [1.807, 2.05) is 0 Å². The molecule has 0 fully saturated rings. The molecule has 0 aliphatic carbocycles. The number of halogens is 1. The molecular formula is C16H26BrNO. The second kappa shape index (κ2) is 9.51. The van der Waals surface area contributed by atoms with Gasteiger partial charge in [-0.15, -0.1) is 0 Å². The molecule has 1 atom stereocenters. The Morgan fingerprint density at radius 1 is 1.32 bits per heavy atom. The number of nitrogens with one attached hydrogen (secondary N) is 1. The standard InChI is InChI=1S/C16H26BrNO/c1-4-16(14-7-5-8-15(17)11-14)18-9-6-10-19-12-13(2)3/h5,7-8,11,13,16,18H,4,6,9-10,12H2,1-3H3. The highest BCUT2D eigenvalue weighted by atomic mass is 79.9. The lowest BCUT2D eigenvalue weighted by atomic mass is 10.0. The third-order valence-electron chi connectivity index (χ3n) is 2.97. The highest BCUT2D eigenvalue weighted by molar-refractivity contribution is 9.10. The van der Waals surface area contributed by atoms with Gasteiger partial charge in [-0.3, -0.25) is 0 Å². The van der Waals surface area contributed by atoms with Crippen LogP contribution in [-0.2, 0) is 4.74 Å². The summed E-state index contributed by atoms with van der Waals surface area (Å²) in [6.45, 7) is 9.29. The largest absolute Gasteiger partial charge is 0.381 e. The van der Waals surface area contributed by atoms with Crippen LogP contribution in [0.15, 0.2) is 28.7 Å². The van der Waals surface area contributed by atoms with Crippen molar-refractivity contribution in [3.63, 3.8) is 0 Å². The van der Waals surface area contributed by atoms with E-state index in [2.05, 4.69) is 66.3 Å². The highest BCUT2D eigenvalue weighted by Crippen LogP contribution is 2.20. The molecule has 1 aromatic carbocycles. The molecule has 0 aliphatic heterocycles. The number of rotatable bonds is 9. The first-order valence-corrected chi connectivity index (χ1v) is 7.99. The van der Waals surface area contributed by atoms with Crippen molar-refractivity contribution in [1.82, 2.24) is 5.32 Å². The number of ether oxygens (including phenoxy) is 1. The van der Waals surface area contributed by atoms with Crippen LogP contribution >= 0.6 is 15.9 Å². The minimum atomic E-state index is 0.433.